The maximum atomic E-state index is 11.3. The highest BCUT2D eigenvalue weighted by Crippen LogP contribution is 2.13. The van der Waals surface area contributed by atoms with E-state index in [1.165, 1.54) is 6.26 Å². The average Bonchev–Trinajstić information content (AvgIpc) is 1.98. The third kappa shape index (κ3) is 4.06. The summed E-state index contributed by atoms with van der Waals surface area (Å²) >= 11 is 0. The number of sulfone groups is 1. The number of hydrogen-bond acceptors (Lipinski definition) is 4. The molecule has 1 atom stereocenters. The molecule has 0 bridgehead atoms. The van der Waals surface area contributed by atoms with E-state index in [9.17, 15) is 8.42 Å². The molecule has 0 heterocycles. The van der Waals surface area contributed by atoms with E-state index in [0.717, 1.165) is 0 Å². The molecular weight excluding hydrogens is 188 g/mol. The van der Waals surface area contributed by atoms with E-state index in [1.54, 1.807) is 13.8 Å². The Hall–Kier alpha value is -0.130. The summed E-state index contributed by atoms with van der Waals surface area (Å²) in [6.07, 6.45) is 1.25. The van der Waals surface area contributed by atoms with E-state index in [2.05, 4.69) is 5.32 Å². The lowest BCUT2D eigenvalue weighted by molar-refractivity contribution is 0.483. The minimum absolute atomic E-state index is 0.154. The van der Waals surface area contributed by atoms with Crippen LogP contribution in [0.5, 0.6) is 0 Å². The third-order valence-electron chi connectivity index (χ3n) is 2.23. The molecule has 5 heteroatoms. The Morgan fingerprint density at radius 3 is 2.23 bits per heavy atom. The van der Waals surface area contributed by atoms with Crippen molar-refractivity contribution in [2.75, 3.05) is 19.3 Å². The molecule has 0 spiro atoms. The second-order valence-corrected chi connectivity index (χ2v) is 6.70. The standard InChI is InChI=1S/C8H20N2O2S/c1-7(5-9)10-6-8(2,3)13(4,11)12/h7,10H,5-6,9H2,1-4H3/t7-/m0/s1. The first-order chi connectivity index (χ1) is 5.70. The Morgan fingerprint density at radius 1 is 1.46 bits per heavy atom. The summed E-state index contributed by atoms with van der Waals surface area (Å²) in [5.41, 5.74) is 5.40. The van der Waals surface area contributed by atoms with Crippen LogP contribution in [-0.2, 0) is 9.84 Å². The minimum atomic E-state index is -3.01. The van der Waals surface area contributed by atoms with Gasteiger partial charge in [-0.3, -0.25) is 0 Å². The topological polar surface area (TPSA) is 72.2 Å². The molecule has 0 amide bonds. The molecule has 4 nitrogen and oxygen atoms in total. The molecule has 0 aromatic heterocycles. The molecule has 3 N–H and O–H groups in total. The van der Waals surface area contributed by atoms with Crippen molar-refractivity contribution in [3.63, 3.8) is 0 Å². The zero-order valence-electron chi connectivity index (χ0n) is 8.79. The predicted octanol–water partition coefficient (Wildman–Crippen LogP) is -0.254. The number of nitrogens with one attached hydrogen (secondary N) is 1. The molecule has 0 rings (SSSR count). The Morgan fingerprint density at radius 2 is 1.92 bits per heavy atom. The van der Waals surface area contributed by atoms with Crippen LogP contribution in [0.3, 0.4) is 0 Å². The van der Waals surface area contributed by atoms with Gasteiger partial charge in [0, 0.05) is 25.4 Å². The summed E-state index contributed by atoms with van der Waals surface area (Å²) in [5.74, 6) is 0. The summed E-state index contributed by atoms with van der Waals surface area (Å²) in [4.78, 5) is 0. The van der Waals surface area contributed by atoms with Crippen molar-refractivity contribution in [3.8, 4) is 0 Å². The lowest BCUT2D eigenvalue weighted by atomic mass is 10.2. The van der Waals surface area contributed by atoms with Gasteiger partial charge in [0.15, 0.2) is 9.84 Å². The lowest BCUT2D eigenvalue weighted by Gasteiger charge is -2.24. The van der Waals surface area contributed by atoms with E-state index in [1.807, 2.05) is 6.92 Å². The SMILES string of the molecule is C[C@@H](CN)NCC(C)(C)S(C)(=O)=O. The van der Waals surface area contributed by atoms with Crippen LogP contribution in [0.4, 0.5) is 0 Å². The Balaban J connectivity index is 4.21. The molecule has 0 unspecified atom stereocenters. The summed E-state index contributed by atoms with van der Waals surface area (Å²) in [6.45, 7) is 6.29. The number of rotatable bonds is 5. The van der Waals surface area contributed by atoms with Crippen molar-refractivity contribution in [1.82, 2.24) is 5.32 Å². The van der Waals surface area contributed by atoms with Gasteiger partial charge in [-0.1, -0.05) is 0 Å². The van der Waals surface area contributed by atoms with Gasteiger partial charge >= 0.3 is 0 Å². The molecule has 13 heavy (non-hydrogen) atoms. The number of hydrogen-bond donors (Lipinski definition) is 2. The van der Waals surface area contributed by atoms with Crippen LogP contribution in [0.2, 0.25) is 0 Å². The zero-order valence-corrected chi connectivity index (χ0v) is 9.61. The van der Waals surface area contributed by atoms with Gasteiger partial charge in [0.2, 0.25) is 0 Å². The van der Waals surface area contributed by atoms with E-state index >= 15 is 0 Å². The second kappa shape index (κ2) is 4.39. The van der Waals surface area contributed by atoms with Gasteiger partial charge in [-0.25, -0.2) is 8.42 Å². The summed E-state index contributed by atoms with van der Waals surface area (Å²) in [5, 5.41) is 3.07. The quantitative estimate of drug-likeness (QED) is 0.653. The van der Waals surface area contributed by atoms with Crippen LogP contribution in [0, 0.1) is 0 Å². The average molecular weight is 208 g/mol. The highest BCUT2D eigenvalue weighted by Gasteiger charge is 2.29. The van der Waals surface area contributed by atoms with Crippen LogP contribution in [0.1, 0.15) is 20.8 Å². The second-order valence-electron chi connectivity index (χ2n) is 4.05. The Labute approximate surface area is 80.8 Å². The summed E-state index contributed by atoms with van der Waals surface area (Å²) < 4.78 is 21.8. The van der Waals surface area contributed by atoms with Gasteiger partial charge in [-0.2, -0.15) is 0 Å². The van der Waals surface area contributed by atoms with Crippen molar-refractivity contribution >= 4 is 9.84 Å². The normalized spacial score (nSPS) is 15.8. The molecule has 0 radical (unpaired) electrons. The van der Waals surface area contributed by atoms with E-state index < -0.39 is 14.6 Å². The summed E-state index contributed by atoms with van der Waals surface area (Å²) in [7, 11) is -3.01. The van der Waals surface area contributed by atoms with Crippen molar-refractivity contribution in [2.45, 2.75) is 31.6 Å². The predicted molar refractivity (Wildman–Crippen MR) is 55.4 cm³/mol. The van der Waals surface area contributed by atoms with Gasteiger partial charge in [0.25, 0.3) is 0 Å². The maximum absolute atomic E-state index is 11.3. The van der Waals surface area contributed by atoms with Crippen LogP contribution in [-0.4, -0.2) is 38.6 Å². The maximum Gasteiger partial charge on any atom is 0.153 e. The Kier molecular flexibility index (Phi) is 4.35. The first-order valence-corrected chi connectivity index (χ1v) is 6.23. The van der Waals surface area contributed by atoms with Crippen molar-refractivity contribution in [3.05, 3.63) is 0 Å². The highest BCUT2D eigenvalue weighted by molar-refractivity contribution is 7.92. The Bertz CT molecular complexity index is 247. The third-order valence-corrected chi connectivity index (χ3v) is 4.39. The fourth-order valence-corrected chi connectivity index (χ4v) is 0.980. The summed E-state index contributed by atoms with van der Waals surface area (Å²) in [6, 6.07) is 0.154. The molecular formula is C8H20N2O2S. The van der Waals surface area contributed by atoms with Crippen LogP contribution < -0.4 is 11.1 Å². The van der Waals surface area contributed by atoms with E-state index in [-0.39, 0.29) is 6.04 Å². The lowest BCUT2D eigenvalue weighted by Crippen LogP contribution is -2.46. The monoisotopic (exact) mass is 208 g/mol. The highest BCUT2D eigenvalue weighted by atomic mass is 32.2. The zero-order chi connectivity index (χ0) is 10.7. The first-order valence-electron chi connectivity index (χ1n) is 4.34. The largest absolute Gasteiger partial charge is 0.329 e. The molecule has 0 saturated heterocycles. The van der Waals surface area contributed by atoms with E-state index in [4.69, 9.17) is 5.73 Å². The van der Waals surface area contributed by atoms with Crippen molar-refractivity contribution in [1.29, 1.82) is 0 Å². The van der Waals surface area contributed by atoms with Crippen molar-refractivity contribution < 1.29 is 8.42 Å². The van der Waals surface area contributed by atoms with Crippen LogP contribution in [0.15, 0.2) is 0 Å². The van der Waals surface area contributed by atoms with Gasteiger partial charge < -0.3 is 11.1 Å². The molecule has 0 fully saturated rings. The van der Waals surface area contributed by atoms with Gasteiger partial charge in [-0.05, 0) is 20.8 Å². The van der Waals surface area contributed by atoms with Crippen LogP contribution in [0.25, 0.3) is 0 Å². The molecule has 0 aromatic rings. The van der Waals surface area contributed by atoms with Crippen LogP contribution >= 0.6 is 0 Å². The smallest absolute Gasteiger partial charge is 0.153 e. The fraction of sp³-hybridized carbons (Fsp3) is 1.00. The van der Waals surface area contributed by atoms with E-state index in [0.29, 0.717) is 13.1 Å². The molecule has 0 aliphatic carbocycles. The first kappa shape index (κ1) is 12.9. The minimum Gasteiger partial charge on any atom is -0.329 e. The molecule has 0 aliphatic heterocycles. The number of nitrogens with two attached hydrogens (primary N) is 1. The fourth-order valence-electron chi connectivity index (χ4n) is 0.634. The van der Waals surface area contributed by atoms with Crippen molar-refractivity contribution in [2.24, 2.45) is 5.73 Å². The molecule has 0 aromatic carbocycles. The molecule has 80 valence electrons. The van der Waals surface area contributed by atoms with Gasteiger partial charge in [0.1, 0.15) is 0 Å². The van der Waals surface area contributed by atoms with Gasteiger partial charge in [0.05, 0.1) is 4.75 Å². The molecule has 0 saturated carbocycles. The molecule has 0 aliphatic rings. The van der Waals surface area contributed by atoms with Gasteiger partial charge in [-0.15, -0.1) is 0 Å².